The first-order valence-corrected chi connectivity index (χ1v) is 7.84. The molecule has 0 fully saturated rings. The van der Waals surface area contributed by atoms with Crippen LogP contribution in [-0.4, -0.2) is 19.1 Å². The van der Waals surface area contributed by atoms with E-state index >= 15 is 0 Å². The van der Waals surface area contributed by atoms with Crippen LogP contribution in [0.15, 0.2) is 12.1 Å². The lowest BCUT2D eigenvalue weighted by atomic mass is 9.76. The van der Waals surface area contributed by atoms with Gasteiger partial charge in [0.1, 0.15) is 0 Å². The van der Waals surface area contributed by atoms with Crippen molar-refractivity contribution in [3.63, 3.8) is 0 Å². The van der Waals surface area contributed by atoms with Gasteiger partial charge < -0.3 is 10.5 Å². The molecule has 0 bridgehead atoms. The summed E-state index contributed by atoms with van der Waals surface area (Å²) in [6.07, 6.45) is 2.34. The number of hydrogen-bond acceptors (Lipinski definition) is 3. The van der Waals surface area contributed by atoms with Crippen LogP contribution in [0.2, 0.25) is 0 Å². The molecule has 118 valence electrons. The van der Waals surface area contributed by atoms with Crippen LogP contribution in [-0.2, 0) is 16.0 Å². The van der Waals surface area contributed by atoms with Crippen LogP contribution < -0.4 is 5.73 Å². The molecule has 1 unspecified atom stereocenters. The Morgan fingerprint density at radius 1 is 1.19 bits per heavy atom. The van der Waals surface area contributed by atoms with Crippen LogP contribution in [0, 0.1) is 26.2 Å². The van der Waals surface area contributed by atoms with E-state index in [0.717, 1.165) is 12.8 Å². The van der Waals surface area contributed by atoms with Crippen LogP contribution in [0.3, 0.4) is 0 Å². The van der Waals surface area contributed by atoms with Crippen molar-refractivity contribution >= 4 is 5.97 Å². The maximum atomic E-state index is 12.5. The van der Waals surface area contributed by atoms with Crippen LogP contribution >= 0.6 is 0 Å². The summed E-state index contributed by atoms with van der Waals surface area (Å²) in [6, 6.07) is 4.33. The van der Waals surface area contributed by atoms with E-state index in [1.54, 1.807) is 0 Å². The van der Waals surface area contributed by atoms with Crippen LogP contribution in [0.25, 0.3) is 0 Å². The fourth-order valence-corrected chi connectivity index (χ4v) is 3.11. The van der Waals surface area contributed by atoms with Crippen molar-refractivity contribution in [1.82, 2.24) is 0 Å². The first-order valence-electron chi connectivity index (χ1n) is 7.84. The van der Waals surface area contributed by atoms with E-state index in [4.69, 9.17) is 10.5 Å². The molecule has 0 aliphatic carbocycles. The monoisotopic (exact) mass is 291 g/mol. The number of carbonyl (C=O) groups excluding carboxylic acids is 1. The molecule has 0 saturated carbocycles. The average Bonchev–Trinajstić information content (AvgIpc) is 2.41. The SMILES string of the molecule is CCCC(CN)(Cc1c(C)cc(C)cc1C)C(=O)OCC. The number of ether oxygens (including phenoxy) is 1. The van der Waals surface area contributed by atoms with Gasteiger partial charge in [-0.05, 0) is 57.2 Å². The first-order chi connectivity index (χ1) is 9.90. The van der Waals surface area contributed by atoms with E-state index in [-0.39, 0.29) is 5.97 Å². The van der Waals surface area contributed by atoms with Gasteiger partial charge in [-0.1, -0.05) is 31.0 Å². The normalized spacial score (nSPS) is 13.8. The van der Waals surface area contributed by atoms with E-state index in [9.17, 15) is 4.79 Å². The highest BCUT2D eigenvalue weighted by molar-refractivity contribution is 5.77. The molecule has 1 rings (SSSR count). The Hall–Kier alpha value is -1.35. The molecule has 1 aromatic carbocycles. The van der Waals surface area contributed by atoms with Gasteiger partial charge in [-0.2, -0.15) is 0 Å². The molecule has 1 aromatic rings. The Bertz CT molecular complexity index is 473. The van der Waals surface area contributed by atoms with E-state index in [0.29, 0.717) is 19.6 Å². The summed E-state index contributed by atoms with van der Waals surface area (Å²) in [6.45, 7) is 11.0. The number of aryl methyl sites for hydroxylation is 3. The molecule has 2 N–H and O–H groups in total. The predicted molar refractivity (Wildman–Crippen MR) is 87.4 cm³/mol. The Morgan fingerprint density at radius 3 is 2.19 bits per heavy atom. The molecule has 0 amide bonds. The summed E-state index contributed by atoms with van der Waals surface area (Å²) >= 11 is 0. The minimum Gasteiger partial charge on any atom is -0.466 e. The van der Waals surface area contributed by atoms with Crippen molar-refractivity contribution in [3.05, 3.63) is 34.4 Å². The zero-order valence-corrected chi connectivity index (χ0v) is 14.1. The Morgan fingerprint density at radius 2 is 1.76 bits per heavy atom. The van der Waals surface area contributed by atoms with Crippen LogP contribution in [0.5, 0.6) is 0 Å². The molecule has 0 radical (unpaired) electrons. The minimum atomic E-state index is -0.602. The fourth-order valence-electron chi connectivity index (χ4n) is 3.11. The predicted octanol–water partition coefficient (Wildman–Crippen LogP) is 3.46. The van der Waals surface area contributed by atoms with Gasteiger partial charge in [0.25, 0.3) is 0 Å². The highest BCUT2D eigenvalue weighted by Crippen LogP contribution is 2.32. The van der Waals surface area contributed by atoms with Gasteiger partial charge in [-0.25, -0.2) is 0 Å². The topological polar surface area (TPSA) is 52.3 Å². The molecule has 0 spiro atoms. The second-order valence-electron chi connectivity index (χ2n) is 6.01. The molecular weight excluding hydrogens is 262 g/mol. The van der Waals surface area contributed by atoms with Gasteiger partial charge in [0.2, 0.25) is 0 Å². The number of nitrogens with two attached hydrogens (primary N) is 1. The third kappa shape index (κ3) is 4.07. The lowest BCUT2D eigenvalue weighted by molar-refractivity contribution is -0.155. The molecule has 0 aromatic heterocycles. The van der Waals surface area contributed by atoms with Crippen molar-refractivity contribution in [2.45, 2.75) is 53.9 Å². The molecule has 0 heterocycles. The number of rotatable bonds is 7. The lowest BCUT2D eigenvalue weighted by Crippen LogP contribution is -2.42. The van der Waals surface area contributed by atoms with E-state index in [1.807, 2.05) is 6.92 Å². The summed E-state index contributed by atoms with van der Waals surface area (Å²) in [5, 5.41) is 0. The van der Waals surface area contributed by atoms with Gasteiger partial charge in [-0.3, -0.25) is 4.79 Å². The molecular formula is C18H29NO2. The summed E-state index contributed by atoms with van der Waals surface area (Å²) < 4.78 is 5.31. The molecule has 3 nitrogen and oxygen atoms in total. The number of benzene rings is 1. The van der Waals surface area contributed by atoms with E-state index in [2.05, 4.69) is 39.8 Å². The zero-order chi connectivity index (χ0) is 16.0. The number of esters is 1. The highest BCUT2D eigenvalue weighted by atomic mass is 16.5. The van der Waals surface area contributed by atoms with Crippen molar-refractivity contribution in [2.24, 2.45) is 11.1 Å². The van der Waals surface area contributed by atoms with E-state index < -0.39 is 5.41 Å². The van der Waals surface area contributed by atoms with E-state index in [1.165, 1.54) is 22.3 Å². The van der Waals surface area contributed by atoms with Gasteiger partial charge in [0, 0.05) is 6.54 Å². The Labute approximate surface area is 128 Å². The van der Waals surface area contributed by atoms with Crippen LogP contribution in [0.4, 0.5) is 0 Å². The smallest absolute Gasteiger partial charge is 0.313 e. The largest absolute Gasteiger partial charge is 0.466 e. The second-order valence-corrected chi connectivity index (χ2v) is 6.01. The van der Waals surface area contributed by atoms with Crippen LogP contribution in [0.1, 0.15) is 48.9 Å². The van der Waals surface area contributed by atoms with Crippen molar-refractivity contribution in [3.8, 4) is 0 Å². The standard InChI is InChI=1S/C18H29NO2/c1-6-8-18(12-19,17(20)21-7-2)11-16-14(4)9-13(3)10-15(16)5/h9-10H,6-8,11-12,19H2,1-5H3. The van der Waals surface area contributed by atoms with Gasteiger partial charge >= 0.3 is 5.97 Å². The lowest BCUT2D eigenvalue weighted by Gasteiger charge is -2.31. The fraction of sp³-hybridized carbons (Fsp3) is 0.611. The van der Waals surface area contributed by atoms with Gasteiger partial charge in [-0.15, -0.1) is 0 Å². The number of hydrogen-bond donors (Lipinski definition) is 1. The first kappa shape index (κ1) is 17.7. The zero-order valence-electron chi connectivity index (χ0n) is 14.1. The summed E-state index contributed by atoms with van der Waals surface area (Å²) in [7, 11) is 0. The summed E-state index contributed by atoms with van der Waals surface area (Å²) in [5.41, 5.74) is 10.3. The minimum absolute atomic E-state index is 0.159. The van der Waals surface area contributed by atoms with Crippen molar-refractivity contribution in [1.29, 1.82) is 0 Å². The van der Waals surface area contributed by atoms with Crippen molar-refractivity contribution in [2.75, 3.05) is 13.2 Å². The molecule has 0 aliphatic rings. The highest BCUT2D eigenvalue weighted by Gasteiger charge is 2.38. The van der Waals surface area contributed by atoms with Gasteiger partial charge in [0.05, 0.1) is 12.0 Å². The molecule has 0 aliphatic heterocycles. The average molecular weight is 291 g/mol. The van der Waals surface area contributed by atoms with Crippen molar-refractivity contribution < 1.29 is 9.53 Å². The number of carbonyl (C=O) groups is 1. The Kier molecular flexibility index (Phi) is 6.41. The molecule has 3 heteroatoms. The summed E-state index contributed by atoms with van der Waals surface area (Å²) in [4.78, 5) is 12.5. The molecule has 0 saturated heterocycles. The summed E-state index contributed by atoms with van der Waals surface area (Å²) in [5.74, 6) is -0.159. The maximum absolute atomic E-state index is 12.5. The maximum Gasteiger partial charge on any atom is 0.313 e. The molecule has 21 heavy (non-hydrogen) atoms. The van der Waals surface area contributed by atoms with Gasteiger partial charge in [0.15, 0.2) is 0 Å². The third-order valence-electron chi connectivity index (χ3n) is 4.18. The molecule has 1 atom stereocenters. The second kappa shape index (κ2) is 7.60. The quantitative estimate of drug-likeness (QED) is 0.783. The third-order valence-corrected chi connectivity index (χ3v) is 4.18. The Balaban J connectivity index is 3.20.